The lowest BCUT2D eigenvalue weighted by Crippen LogP contribution is -2.44. The van der Waals surface area contributed by atoms with Crippen molar-refractivity contribution in [3.8, 4) is 5.69 Å². The average Bonchev–Trinajstić information content (AvgIpc) is 3.35. The molecule has 0 unspecified atom stereocenters. The molecule has 184 valence electrons. The number of piperazine rings is 1. The summed E-state index contributed by atoms with van der Waals surface area (Å²) < 4.78 is 20.2. The molecule has 1 aromatic heterocycles. The lowest BCUT2D eigenvalue weighted by Gasteiger charge is -2.35. The van der Waals surface area contributed by atoms with Gasteiger partial charge in [-0.2, -0.15) is 0 Å². The monoisotopic (exact) mass is 501 g/mol. The second-order valence-corrected chi connectivity index (χ2v) is 8.63. The van der Waals surface area contributed by atoms with Gasteiger partial charge in [-0.15, -0.1) is 5.10 Å². The van der Waals surface area contributed by atoms with E-state index in [4.69, 9.17) is 17.3 Å². The Hall–Kier alpha value is -3.70. The van der Waals surface area contributed by atoms with Gasteiger partial charge in [-0.25, -0.2) is 13.9 Å². The number of nitrogens with zero attached hydrogens (tertiary/aromatic N) is 5. The van der Waals surface area contributed by atoms with Gasteiger partial charge in [-0.1, -0.05) is 16.8 Å². The molecule has 1 fully saturated rings. The summed E-state index contributed by atoms with van der Waals surface area (Å²) in [6.07, 6.45) is 1.43. The number of nitrogen functional groups attached to an aromatic ring is 1. The Balaban J connectivity index is 1.72. The Morgan fingerprint density at radius 1 is 1.20 bits per heavy atom. The van der Waals surface area contributed by atoms with Gasteiger partial charge in [0, 0.05) is 31.7 Å². The minimum Gasteiger partial charge on any atom is -0.464 e. The number of anilines is 3. The molecule has 1 aliphatic heterocycles. The topological polar surface area (TPSA) is 119 Å². The van der Waals surface area contributed by atoms with Crippen LogP contribution in [0, 0.1) is 12.7 Å². The van der Waals surface area contributed by atoms with Gasteiger partial charge in [0.2, 0.25) is 0 Å². The second-order valence-electron chi connectivity index (χ2n) is 8.25. The van der Waals surface area contributed by atoms with Crippen molar-refractivity contribution >= 4 is 40.5 Å². The minimum atomic E-state index is -0.653. The first kappa shape index (κ1) is 24.4. The smallest absolute Gasteiger partial charge is 0.360 e. The first-order valence-electron chi connectivity index (χ1n) is 10.8. The number of methoxy groups -OCH3 is 1. The van der Waals surface area contributed by atoms with Gasteiger partial charge in [0.05, 0.1) is 46.6 Å². The molecule has 35 heavy (non-hydrogen) atoms. The Labute approximate surface area is 206 Å². The number of hydrogen-bond acceptors (Lipinski definition) is 8. The zero-order valence-corrected chi connectivity index (χ0v) is 20.3. The Bertz CT molecular complexity index is 1290. The molecule has 3 N–H and O–H groups in total. The van der Waals surface area contributed by atoms with E-state index in [9.17, 15) is 14.0 Å². The molecule has 1 aliphatic rings. The molecule has 0 bridgehead atoms. The van der Waals surface area contributed by atoms with E-state index in [1.54, 1.807) is 6.07 Å². The van der Waals surface area contributed by atoms with Gasteiger partial charge >= 0.3 is 5.97 Å². The molecule has 12 heteroatoms. The number of amides is 1. The third kappa shape index (κ3) is 4.91. The number of aromatic nitrogens is 3. The molecule has 2 heterocycles. The third-order valence-electron chi connectivity index (χ3n) is 5.92. The second kappa shape index (κ2) is 9.88. The summed E-state index contributed by atoms with van der Waals surface area (Å²) in [5.74, 6) is -1.80. The highest BCUT2D eigenvalue weighted by Crippen LogP contribution is 2.32. The van der Waals surface area contributed by atoms with Crippen molar-refractivity contribution in [2.45, 2.75) is 6.92 Å². The normalized spacial score (nSPS) is 14.1. The molecule has 0 radical (unpaired) electrons. The molecule has 0 saturated carbocycles. The van der Waals surface area contributed by atoms with Crippen LogP contribution in [0.15, 0.2) is 30.5 Å². The predicted octanol–water partition coefficient (Wildman–Crippen LogP) is 2.74. The zero-order chi connectivity index (χ0) is 25.3. The van der Waals surface area contributed by atoms with Crippen LogP contribution in [0.2, 0.25) is 5.02 Å². The van der Waals surface area contributed by atoms with Crippen LogP contribution in [0.5, 0.6) is 0 Å². The summed E-state index contributed by atoms with van der Waals surface area (Å²) in [4.78, 5) is 29.4. The number of likely N-dealkylation sites (N-methyl/N-ethyl adjacent to an activating group) is 1. The van der Waals surface area contributed by atoms with E-state index in [1.165, 1.54) is 31.0 Å². The van der Waals surface area contributed by atoms with Crippen LogP contribution in [0.25, 0.3) is 5.69 Å². The van der Waals surface area contributed by atoms with Crippen molar-refractivity contribution in [2.75, 3.05) is 56.3 Å². The molecule has 0 atom stereocenters. The predicted molar refractivity (Wildman–Crippen MR) is 131 cm³/mol. The van der Waals surface area contributed by atoms with E-state index in [2.05, 4.69) is 37.2 Å². The highest BCUT2D eigenvalue weighted by molar-refractivity contribution is 6.35. The maximum atomic E-state index is 14.1. The summed E-state index contributed by atoms with van der Waals surface area (Å²) >= 11 is 6.27. The van der Waals surface area contributed by atoms with E-state index in [0.29, 0.717) is 11.4 Å². The number of carbonyl (C=O) groups excluding carboxylic acids is 2. The van der Waals surface area contributed by atoms with Crippen molar-refractivity contribution in [2.24, 2.45) is 0 Å². The SMILES string of the molecule is COC(=O)c1cn(-c2ccc(N3CCN(C)CC3)c(NC(=O)c3cc(N)c(F)c(C)c3Cl)c2)nn1. The Kier molecular flexibility index (Phi) is 6.90. The quantitative estimate of drug-likeness (QED) is 0.404. The minimum absolute atomic E-state index is 0.00880. The van der Waals surface area contributed by atoms with Crippen molar-refractivity contribution in [1.29, 1.82) is 0 Å². The fraction of sp³-hybridized carbons (Fsp3) is 0.304. The summed E-state index contributed by atoms with van der Waals surface area (Å²) in [5.41, 5.74) is 7.63. The molecule has 0 aliphatic carbocycles. The van der Waals surface area contributed by atoms with E-state index in [1.807, 2.05) is 12.1 Å². The van der Waals surface area contributed by atoms with Gasteiger partial charge in [0.25, 0.3) is 5.91 Å². The van der Waals surface area contributed by atoms with Crippen LogP contribution in [0.1, 0.15) is 26.4 Å². The molecular formula is C23H25ClFN7O3. The van der Waals surface area contributed by atoms with Crippen LogP contribution < -0.4 is 16.0 Å². The fourth-order valence-corrected chi connectivity index (χ4v) is 4.05. The summed E-state index contributed by atoms with van der Waals surface area (Å²) in [5, 5.41) is 10.7. The van der Waals surface area contributed by atoms with Crippen molar-refractivity contribution in [3.63, 3.8) is 0 Å². The number of halogens is 2. The Morgan fingerprint density at radius 3 is 2.60 bits per heavy atom. The maximum absolute atomic E-state index is 14.1. The fourth-order valence-electron chi connectivity index (χ4n) is 3.83. The molecule has 10 nitrogen and oxygen atoms in total. The average molecular weight is 502 g/mol. The first-order chi connectivity index (χ1) is 16.7. The van der Waals surface area contributed by atoms with Crippen molar-refractivity contribution < 1.29 is 18.7 Å². The van der Waals surface area contributed by atoms with E-state index < -0.39 is 17.7 Å². The van der Waals surface area contributed by atoms with Gasteiger partial charge in [0.15, 0.2) is 11.5 Å². The lowest BCUT2D eigenvalue weighted by molar-refractivity contribution is 0.0593. The standard InChI is InChI=1S/C23H25ClFN7O3/c1-13-20(24)15(11-16(26)21(13)25)22(33)27-17-10-14(32-12-18(28-29-32)23(34)35-3)4-5-19(17)31-8-6-30(2)7-9-31/h4-5,10-12H,6-9,26H2,1-3H3,(H,27,33). The molecular weight excluding hydrogens is 477 g/mol. The van der Waals surface area contributed by atoms with E-state index >= 15 is 0 Å². The molecule has 1 saturated heterocycles. The number of ether oxygens (including phenoxy) is 1. The van der Waals surface area contributed by atoms with Crippen molar-refractivity contribution in [1.82, 2.24) is 19.9 Å². The highest BCUT2D eigenvalue weighted by atomic mass is 35.5. The molecule has 2 aromatic carbocycles. The van der Waals surface area contributed by atoms with Gasteiger partial charge in [0.1, 0.15) is 0 Å². The van der Waals surface area contributed by atoms with Gasteiger partial charge < -0.3 is 25.6 Å². The number of nitrogens with one attached hydrogen (secondary N) is 1. The largest absolute Gasteiger partial charge is 0.464 e. The maximum Gasteiger partial charge on any atom is 0.360 e. The highest BCUT2D eigenvalue weighted by Gasteiger charge is 2.22. The molecule has 3 aromatic rings. The number of nitrogens with two attached hydrogens (primary N) is 1. The molecule has 4 rings (SSSR count). The van der Waals surface area contributed by atoms with Crippen LogP contribution in [-0.2, 0) is 4.74 Å². The zero-order valence-electron chi connectivity index (χ0n) is 19.5. The summed E-state index contributed by atoms with van der Waals surface area (Å²) in [6, 6.07) is 6.61. The summed E-state index contributed by atoms with van der Waals surface area (Å²) in [7, 11) is 3.31. The Morgan fingerprint density at radius 2 is 1.91 bits per heavy atom. The lowest BCUT2D eigenvalue weighted by atomic mass is 10.1. The summed E-state index contributed by atoms with van der Waals surface area (Å²) in [6.45, 7) is 4.71. The number of esters is 1. The first-order valence-corrected chi connectivity index (χ1v) is 11.2. The third-order valence-corrected chi connectivity index (χ3v) is 6.40. The molecule has 1 amide bonds. The van der Waals surface area contributed by atoms with E-state index in [0.717, 1.165) is 31.9 Å². The van der Waals surface area contributed by atoms with Gasteiger partial charge in [-0.05, 0) is 38.2 Å². The van der Waals surface area contributed by atoms with Crippen LogP contribution in [-0.4, -0.2) is 72.1 Å². The van der Waals surface area contributed by atoms with Crippen LogP contribution in [0.3, 0.4) is 0 Å². The number of rotatable bonds is 5. The van der Waals surface area contributed by atoms with Crippen LogP contribution >= 0.6 is 11.6 Å². The number of carbonyl (C=O) groups is 2. The van der Waals surface area contributed by atoms with Crippen LogP contribution in [0.4, 0.5) is 21.5 Å². The number of hydrogen-bond donors (Lipinski definition) is 2. The van der Waals surface area contributed by atoms with Gasteiger partial charge in [-0.3, -0.25) is 4.79 Å². The van der Waals surface area contributed by atoms with Crippen molar-refractivity contribution in [3.05, 3.63) is 58.1 Å². The van der Waals surface area contributed by atoms with E-state index in [-0.39, 0.29) is 27.5 Å². The molecule has 0 spiro atoms. The number of benzene rings is 2.